The Bertz CT molecular complexity index is 613. The minimum Gasteiger partial charge on any atom is -0.497 e. The van der Waals surface area contributed by atoms with Crippen LogP contribution in [0.5, 0.6) is 5.75 Å². The van der Waals surface area contributed by atoms with E-state index in [1.807, 2.05) is 6.07 Å². The van der Waals surface area contributed by atoms with Gasteiger partial charge in [-0.3, -0.25) is 9.89 Å². The van der Waals surface area contributed by atoms with Gasteiger partial charge in [0.05, 0.1) is 13.3 Å². The number of nitrogens with zero attached hydrogens (tertiary/aromatic N) is 2. The van der Waals surface area contributed by atoms with Crippen LogP contribution in [0, 0.1) is 11.3 Å². The number of anilines is 1. The fourth-order valence-corrected chi connectivity index (χ4v) is 1.42. The lowest BCUT2D eigenvalue weighted by Gasteiger charge is -2.05. The molecule has 6 nitrogen and oxygen atoms in total. The summed E-state index contributed by atoms with van der Waals surface area (Å²) < 4.78 is 5.03. The fraction of sp³-hybridized carbons (Fsp3) is 0.0833. The number of ether oxygens (including phenoxy) is 1. The van der Waals surface area contributed by atoms with Gasteiger partial charge in [-0.25, -0.2) is 0 Å². The van der Waals surface area contributed by atoms with Gasteiger partial charge < -0.3 is 10.1 Å². The molecule has 1 aromatic carbocycles. The van der Waals surface area contributed by atoms with E-state index >= 15 is 0 Å². The van der Waals surface area contributed by atoms with Crippen LogP contribution in [-0.2, 0) is 0 Å². The summed E-state index contributed by atoms with van der Waals surface area (Å²) in [5.74, 6) is 0.535. The second kappa shape index (κ2) is 5.01. The number of nitrogens with one attached hydrogen (secondary N) is 2. The highest BCUT2D eigenvalue weighted by molar-refractivity contribution is 6.04. The van der Waals surface area contributed by atoms with E-state index in [9.17, 15) is 4.79 Å². The van der Waals surface area contributed by atoms with Crippen LogP contribution < -0.4 is 10.1 Å². The third-order valence-electron chi connectivity index (χ3n) is 2.33. The van der Waals surface area contributed by atoms with Gasteiger partial charge in [0.1, 0.15) is 23.2 Å². The lowest BCUT2D eigenvalue weighted by Crippen LogP contribution is -2.13. The van der Waals surface area contributed by atoms with Crippen molar-refractivity contribution in [1.82, 2.24) is 10.2 Å². The molecule has 0 saturated carbocycles. The molecule has 2 N–H and O–H groups in total. The molecule has 1 aromatic heterocycles. The largest absolute Gasteiger partial charge is 0.497 e. The molecule has 0 fully saturated rings. The molecule has 2 aromatic rings. The van der Waals surface area contributed by atoms with Gasteiger partial charge in [-0.15, -0.1) is 0 Å². The van der Waals surface area contributed by atoms with Crippen LogP contribution >= 0.6 is 0 Å². The molecule has 0 unspecified atom stereocenters. The van der Waals surface area contributed by atoms with E-state index in [2.05, 4.69) is 15.5 Å². The molecule has 0 radical (unpaired) electrons. The molecule has 0 aliphatic rings. The molecule has 18 heavy (non-hydrogen) atoms. The Kier molecular flexibility index (Phi) is 3.25. The van der Waals surface area contributed by atoms with Gasteiger partial charge in [0, 0.05) is 5.56 Å². The van der Waals surface area contributed by atoms with Crippen molar-refractivity contribution < 1.29 is 9.53 Å². The molecule has 0 bridgehead atoms. The topological polar surface area (TPSA) is 90.8 Å². The predicted molar refractivity (Wildman–Crippen MR) is 64.2 cm³/mol. The van der Waals surface area contributed by atoms with Crippen molar-refractivity contribution in [3.63, 3.8) is 0 Å². The number of amides is 1. The maximum Gasteiger partial charge on any atom is 0.256 e. The highest BCUT2D eigenvalue weighted by Crippen LogP contribution is 2.15. The van der Waals surface area contributed by atoms with Gasteiger partial charge in [0.2, 0.25) is 0 Å². The van der Waals surface area contributed by atoms with Crippen molar-refractivity contribution >= 4 is 11.7 Å². The Morgan fingerprint density at radius 1 is 1.56 bits per heavy atom. The summed E-state index contributed by atoms with van der Waals surface area (Å²) in [6, 6.07) is 8.64. The quantitative estimate of drug-likeness (QED) is 0.854. The van der Waals surface area contributed by atoms with Gasteiger partial charge in [-0.1, -0.05) is 6.07 Å². The van der Waals surface area contributed by atoms with Crippen LogP contribution in [-0.4, -0.2) is 23.2 Å². The molecule has 6 heteroatoms. The van der Waals surface area contributed by atoms with Gasteiger partial charge in [0.25, 0.3) is 5.91 Å². The number of carbonyl (C=O) groups excluding carboxylic acids is 1. The summed E-state index contributed by atoms with van der Waals surface area (Å²) in [4.78, 5) is 11.9. The summed E-state index contributed by atoms with van der Waals surface area (Å²) in [5.41, 5.74) is 0.721. The number of nitriles is 1. The Balaban J connectivity index is 2.20. The zero-order valence-electron chi connectivity index (χ0n) is 9.60. The lowest BCUT2D eigenvalue weighted by atomic mass is 10.2. The third kappa shape index (κ3) is 2.30. The number of benzene rings is 1. The van der Waals surface area contributed by atoms with E-state index in [1.54, 1.807) is 24.3 Å². The number of aromatic amines is 1. The SMILES string of the molecule is COc1cccc(C(=O)Nc2[nH]ncc2C#N)c1. The molecule has 0 aliphatic heterocycles. The maximum absolute atomic E-state index is 11.9. The minimum absolute atomic E-state index is 0.283. The average Bonchev–Trinajstić information content (AvgIpc) is 2.86. The second-order valence-corrected chi connectivity index (χ2v) is 3.46. The Hall–Kier alpha value is -2.81. The number of hydrogen-bond acceptors (Lipinski definition) is 4. The van der Waals surface area contributed by atoms with E-state index < -0.39 is 0 Å². The van der Waals surface area contributed by atoms with E-state index in [4.69, 9.17) is 10.00 Å². The first-order chi connectivity index (χ1) is 8.74. The molecule has 90 valence electrons. The first-order valence-electron chi connectivity index (χ1n) is 5.13. The number of H-pyrrole nitrogens is 1. The molecule has 0 aliphatic carbocycles. The number of carbonyl (C=O) groups is 1. The van der Waals surface area contributed by atoms with Gasteiger partial charge >= 0.3 is 0 Å². The van der Waals surface area contributed by atoms with E-state index in [1.165, 1.54) is 13.3 Å². The Morgan fingerprint density at radius 2 is 2.39 bits per heavy atom. The van der Waals surface area contributed by atoms with E-state index in [0.717, 1.165) is 0 Å². The van der Waals surface area contributed by atoms with Crippen LogP contribution in [0.2, 0.25) is 0 Å². The summed E-state index contributed by atoms with van der Waals surface area (Å²) >= 11 is 0. The van der Waals surface area contributed by atoms with Crippen molar-refractivity contribution in [1.29, 1.82) is 5.26 Å². The molecule has 0 saturated heterocycles. The Morgan fingerprint density at radius 3 is 3.11 bits per heavy atom. The molecule has 2 rings (SSSR count). The maximum atomic E-state index is 11.9. The molecule has 1 heterocycles. The van der Waals surface area contributed by atoms with Crippen LogP contribution in [0.1, 0.15) is 15.9 Å². The smallest absolute Gasteiger partial charge is 0.256 e. The van der Waals surface area contributed by atoms with Crippen LogP contribution in [0.4, 0.5) is 5.82 Å². The summed E-state index contributed by atoms with van der Waals surface area (Å²) in [7, 11) is 1.53. The van der Waals surface area contributed by atoms with Crippen LogP contribution in [0.3, 0.4) is 0 Å². The monoisotopic (exact) mass is 242 g/mol. The molecule has 0 atom stereocenters. The van der Waals surface area contributed by atoms with Crippen LogP contribution in [0.25, 0.3) is 0 Å². The number of rotatable bonds is 3. The van der Waals surface area contributed by atoms with Gasteiger partial charge in [0.15, 0.2) is 0 Å². The van der Waals surface area contributed by atoms with Crippen molar-refractivity contribution in [2.45, 2.75) is 0 Å². The van der Waals surface area contributed by atoms with E-state index in [0.29, 0.717) is 11.3 Å². The highest BCUT2D eigenvalue weighted by Gasteiger charge is 2.11. The normalized spacial score (nSPS) is 9.56. The number of methoxy groups -OCH3 is 1. The van der Waals surface area contributed by atoms with Crippen molar-refractivity contribution in [3.8, 4) is 11.8 Å². The standard InChI is InChI=1S/C12H10N4O2/c1-18-10-4-2-3-8(5-10)12(17)15-11-9(6-13)7-14-16-11/h2-5,7H,1H3,(H2,14,15,16,17). The van der Waals surface area contributed by atoms with E-state index in [-0.39, 0.29) is 17.3 Å². The summed E-state index contributed by atoms with van der Waals surface area (Å²) in [6.07, 6.45) is 1.35. The molecular formula is C12H10N4O2. The van der Waals surface area contributed by atoms with Crippen molar-refractivity contribution in [2.24, 2.45) is 0 Å². The number of hydrogen-bond donors (Lipinski definition) is 2. The second-order valence-electron chi connectivity index (χ2n) is 3.46. The van der Waals surface area contributed by atoms with Crippen molar-refractivity contribution in [3.05, 3.63) is 41.6 Å². The minimum atomic E-state index is -0.338. The van der Waals surface area contributed by atoms with Crippen LogP contribution in [0.15, 0.2) is 30.5 Å². The van der Waals surface area contributed by atoms with Gasteiger partial charge in [-0.2, -0.15) is 10.4 Å². The molecule has 1 amide bonds. The third-order valence-corrected chi connectivity index (χ3v) is 2.33. The van der Waals surface area contributed by atoms with Gasteiger partial charge in [-0.05, 0) is 18.2 Å². The molecular weight excluding hydrogens is 232 g/mol. The first-order valence-corrected chi connectivity index (χ1v) is 5.13. The Labute approximate surface area is 103 Å². The predicted octanol–water partition coefficient (Wildman–Crippen LogP) is 1.54. The highest BCUT2D eigenvalue weighted by atomic mass is 16.5. The first kappa shape index (κ1) is 11.7. The summed E-state index contributed by atoms with van der Waals surface area (Å²) in [6.45, 7) is 0. The number of aromatic nitrogens is 2. The zero-order valence-corrected chi connectivity index (χ0v) is 9.60. The molecule has 0 spiro atoms. The summed E-state index contributed by atoms with van der Waals surface area (Å²) in [5, 5.41) is 17.6. The fourth-order valence-electron chi connectivity index (χ4n) is 1.42. The zero-order chi connectivity index (χ0) is 13.0. The average molecular weight is 242 g/mol. The van der Waals surface area contributed by atoms with Crippen molar-refractivity contribution in [2.75, 3.05) is 12.4 Å². The lowest BCUT2D eigenvalue weighted by molar-refractivity contribution is 0.102.